The largest absolute Gasteiger partial charge is 0.484 e. The molecule has 9 nitrogen and oxygen atoms in total. The number of hydrogen-bond acceptors (Lipinski definition) is 6. The Morgan fingerprint density at radius 1 is 1.03 bits per heavy atom. The Morgan fingerprint density at radius 2 is 1.76 bits per heavy atom. The second kappa shape index (κ2) is 11.1. The van der Waals surface area contributed by atoms with Gasteiger partial charge in [0.2, 0.25) is 0 Å². The number of nitriles is 1. The second-order valence-electron chi connectivity index (χ2n) is 7.21. The normalized spacial score (nSPS) is 10.6. The number of aryl methyl sites for hydroxylation is 1. The van der Waals surface area contributed by atoms with Crippen molar-refractivity contribution >= 4 is 35.0 Å². The van der Waals surface area contributed by atoms with E-state index in [2.05, 4.69) is 10.6 Å². The summed E-state index contributed by atoms with van der Waals surface area (Å²) in [6.07, 6.45) is 1.35. The first-order valence-corrected chi connectivity index (χ1v) is 10.1. The summed E-state index contributed by atoms with van der Waals surface area (Å²) in [5.41, 5.74) is 2.04. The van der Waals surface area contributed by atoms with Crippen molar-refractivity contribution in [3.63, 3.8) is 0 Å². The highest BCUT2D eigenvalue weighted by Crippen LogP contribution is 2.19. The Kier molecular flexibility index (Phi) is 7.71. The van der Waals surface area contributed by atoms with Crippen molar-refractivity contribution in [3.05, 3.63) is 99.6 Å². The van der Waals surface area contributed by atoms with Crippen LogP contribution in [0.4, 0.5) is 17.1 Å². The summed E-state index contributed by atoms with van der Waals surface area (Å²) in [5.74, 6) is -0.671. The van der Waals surface area contributed by atoms with E-state index in [4.69, 9.17) is 4.74 Å². The van der Waals surface area contributed by atoms with Crippen molar-refractivity contribution in [3.8, 4) is 11.8 Å². The SMILES string of the molecule is Cc1ccc(NC(=O)COc2cccc(/C=C(/C#N)C(=O)Nc3cccc([N+](=O)[O-])c3)c2)cc1. The molecule has 0 saturated carbocycles. The number of nitro groups is 1. The van der Waals surface area contributed by atoms with Crippen molar-refractivity contribution in [2.75, 3.05) is 17.2 Å². The van der Waals surface area contributed by atoms with E-state index in [-0.39, 0.29) is 29.5 Å². The molecule has 3 aromatic carbocycles. The quantitative estimate of drug-likeness (QED) is 0.222. The Morgan fingerprint density at radius 3 is 2.47 bits per heavy atom. The highest BCUT2D eigenvalue weighted by Gasteiger charge is 2.12. The van der Waals surface area contributed by atoms with E-state index in [1.807, 2.05) is 25.1 Å². The van der Waals surface area contributed by atoms with E-state index in [9.17, 15) is 25.0 Å². The number of ether oxygens (including phenoxy) is 1. The predicted molar refractivity (Wildman–Crippen MR) is 127 cm³/mol. The topological polar surface area (TPSA) is 134 Å². The molecule has 0 atom stereocenters. The van der Waals surface area contributed by atoms with Crippen LogP contribution in [-0.4, -0.2) is 23.3 Å². The molecule has 170 valence electrons. The van der Waals surface area contributed by atoms with Crippen LogP contribution in [0.2, 0.25) is 0 Å². The average molecular weight is 456 g/mol. The maximum absolute atomic E-state index is 12.5. The van der Waals surface area contributed by atoms with Gasteiger partial charge in [-0.05, 0) is 48.9 Å². The first-order chi connectivity index (χ1) is 16.3. The van der Waals surface area contributed by atoms with Crippen molar-refractivity contribution in [2.45, 2.75) is 6.92 Å². The molecule has 0 aliphatic rings. The molecule has 3 rings (SSSR count). The third kappa shape index (κ3) is 6.77. The molecule has 34 heavy (non-hydrogen) atoms. The summed E-state index contributed by atoms with van der Waals surface area (Å²) < 4.78 is 5.52. The molecule has 3 aromatic rings. The van der Waals surface area contributed by atoms with Crippen LogP contribution in [0.3, 0.4) is 0 Å². The number of benzene rings is 3. The zero-order chi connectivity index (χ0) is 24.5. The van der Waals surface area contributed by atoms with Gasteiger partial charge in [0.1, 0.15) is 17.4 Å². The van der Waals surface area contributed by atoms with Gasteiger partial charge in [-0.2, -0.15) is 5.26 Å². The molecule has 9 heteroatoms. The number of non-ortho nitro benzene ring substituents is 1. The highest BCUT2D eigenvalue weighted by molar-refractivity contribution is 6.09. The third-order valence-corrected chi connectivity index (χ3v) is 4.55. The van der Waals surface area contributed by atoms with Gasteiger partial charge in [-0.3, -0.25) is 19.7 Å². The van der Waals surface area contributed by atoms with Crippen LogP contribution in [0.15, 0.2) is 78.4 Å². The van der Waals surface area contributed by atoms with Gasteiger partial charge in [0.05, 0.1) is 4.92 Å². The fourth-order valence-electron chi connectivity index (χ4n) is 2.89. The predicted octanol–water partition coefficient (Wildman–Crippen LogP) is 4.47. The number of hydrogen-bond donors (Lipinski definition) is 2. The lowest BCUT2D eigenvalue weighted by Crippen LogP contribution is -2.20. The minimum atomic E-state index is -0.716. The number of anilines is 2. The number of carbonyl (C=O) groups is 2. The van der Waals surface area contributed by atoms with Crippen LogP contribution in [0.5, 0.6) is 5.75 Å². The lowest BCUT2D eigenvalue weighted by molar-refractivity contribution is -0.384. The summed E-state index contributed by atoms with van der Waals surface area (Å²) in [7, 11) is 0. The lowest BCUT2D eigenvalue weighted by Gasteiger charge is -2.08. The summed E-state index contributed by atoms with van der Waals surface area (Å²) >= 11 is 0. The molecule has 0 radical (unpaired) electrons. The summed E-state index contributed by atoms with van der Waals surface area (Å²) in [5, 5.41) is 25.5. The van der Waals surface area contributed by atoms with Crippen LogP contribution >= 0.6 is 0 Å². The number of amides is 2. The number of rotatable bonds is 8. The molecule has 0 aromatic heterocycles. The first kappa shape index (κ1) is 23.7. The lowest BCUT2D eigenvalue weighted by atomic mass is 10.1. The number of nitrogens with zero attached hydrogens (tertiary/aromatic N) is 2. The summed E-state index contributed by atoms with van der Waals surface area (Å²) in [6, 6.07) is 21.1. The number of carbonyl (C=O) groups excluding carboxylic acids is 2. The van der Waals surface area contributed by atoms with E-state index in [0.717, 1.165) is 5.56 Å². The minimum Gasteiger partial charge on any atom is -0.484 e. The molecule has 0 fully saturated rings. The zero-order valence-electron chi connectivity index (χ0n) is 18.1. The Labute approximate surface area is 195 Å². The molecule has 0 saturated heterocycles. The molecular weight excluding hydrogens is 436 g/mol. The van der Waals surface area contributed by atoms with Gasteiger partial charge in [0.15, 0.2) is 6.61 Å². The van der Waals surface area contributed by atoms with Gasteiger partial charge in [-0.1, -0.05) is 35.9 Å². The number of nitro benzene ring substituents is 1. The molecule has 0 heterocycles. The molecule has 0 bridgehead atoms. The maximum Gasteiger partial charge on any atom is 0.271 e. The molecule has 0 aliphatic heterocycles. The molecule has 2 amide bonds. The van der Waals surface area contributed by atoms with Crippen LogP contribution < -0.4 is 15.4 Å². The fourth-order valence-corrected chi connectivity index (χ4v) is 2.89. The Balaban J connectivity index is 1.64. The molecule has 0 aliphatic carbocycles. The van der Waals surface area contributed by atoms with Gasteiger partial charge in [0, 0.05) is 23.5 Å². The Bertz CT molecular complexity index is 1290. The van der Waals surface area contributed by atoms with E-state index in [1.165, 1.54) is 30.3 Å². The third-order valence-electron chi connectivity index (χ3n) is 4.55. The van der Waals surface area contributed by atoms with E-state index < -0.39 is 10.8 Å². The average Bonchev–Trinajstić information content (AvgIpc) is 2.83. The molecular formula is C25H20N4O5. The molecule has 0 spiro atoms. The first-order valence-electron chi connectivity index (χ1n) is 10.1. The van der Waals surface area contributed by atoms with E-state index in [0.29, 0.717) is 17.0 Å². The maximum atomic E-state index is 12.5. The van der Waals surface area contributed by atoms with Crippen LogP contribution in [-0.2, 0) is 9.59 Å². The van der Waals surface area contributed by atoms with Crippen LogP contribution in [0, 0.1) is 28.4 Å². The van der Waals surface area contributed by atoms with Gasteiger partial charge < -0.3 is 15.4 Å². The van der Waals surface area contributed by atoms with Gasteiger partial charge >= 0.3 is 0 Å². The van der Waals surface area contributed by atoms with Gasteiger partial charge in [-0.15, -0.1) is 0 Å². The van der Waals surface area contributed by atoms with Gasteiger partial charge in [-0.25, -0.2) is 0 Å². The standard InChI is InChI=1S/C25H20N4O5/c1-17-8-10-20(11-9-17)27-24(30)16-34-23-7-2-4-18(13-23)12-19(15-26)25(31)28-21-5-3-6-22(14-21)29(32)33/h2-14H,16H2,1H3,(H,27,30)(H,28,31)/b19-12-. The smallest absolute Gasteiger partial charge is 0.271 e. The Hall–Kier alpha value is -4.97. The minimum absolute atomic E-state index is 0.184. The van der Waals surface area contributed by atoms with Crippen molar-refractivity contribution in [2.24, 2.45) is 0 Å². The molecule has 2 N–H and O–H groups in total. The zero-order valence-corrected chi connectivity index (χ0v) is 18.1. The van der Waals surface area contributed by atoms with Crippen LogP contribution in [0.1, 0.15) is 11.1 Å². The van der Waals surface area contributed by atoms with Crippen molar-refractivity contribution in [1.82, 2.24) is 0 Å². The fraction of sp³-hybridized carbons (Fsp3) is 0.0800. The number of nitrogens with one attached hydrogen (secondary N) is 2. The van der Waals surface area contributed by atoms with Crippen LogP contribution in [0.25, 0.3) is 6.08 Å². The molecule has 0 unspecified atom stereocenters. The monoisotopic (exact) mass is 456 g/mol. The van der Waals surface area contributed by atoms with Gasteiger partial charge in [0.25, 0.3) is 17.5 Å². The van der Waals surface area contributed by atoms with E-state index in [1.54, 1.807) is 36.4 Å². The second-order valence-corrected chi connectivity index (χ2v) is 7.21. The van der Waals surface area contributed by atoms with Crippen molar-refractivity contribution < 1.29 is 19.2 Å². The summed E-state index contributed by atoms with van der Waals surface area (Å²) in [4.78, 5) is 34.9. The van der Waals surface area contributed by atoms with E-state index >= 15 is 0 Å². The van der Waals surface area contributed by atoms with Crippen molar-refractivity contribution in [1.29, 1.82) is 5.26 Å². The summed E-state index contributed by atoms with van der Waals surface area (Å²) in [6.45, 7) is 1.73. The highest BCUT2D eigenvalue weighted by atomic mass is 16.6.